The van der Waals surface area contributed by atoms with Crippen molar-refractivity contribution in [1.29, 1.82) is 0 Å². The van der Waals surface area contributed by atoms with Gasteiger partial charge in [-0.05, 0) is 56.6 Å². The lowest BCUT2D eigenvalue weighted by Crippen LogP contribution is -2.32. The van der Waals surface area contributed by atoms with Crippen LogP contribution in [0.2, 0.25) is 0 Å². The van der Waals surface area contributed by atoms with Crippen molar-refractivity contribution in [1.82, 2.24) is 14.8 Å². The summed E-state index contributed by atoms with van der Waals surface area (Å²) in [4.78, 5) is 22.0. The number of para-hydroxylation sites is 1. The standard InChI is InChI=1S/C24H26N4O3S2/c1-15-22-18(24(29)27-10-4-11-32-21-6-3-2-5-20(21)27)13-19(16-7-8-16)25-23(22)28(26-15)17-9-12-33(30,31)14-17/h2-3,5-6,13,16-17H,4,7-12,14H2,1H3/t17-/m0/s1. The van der Waals surface area contributed by atoms with Gasteiger partial charge in [-0.25, -0.2) is 18.1 Å². The average Bonchev–Trinajstić information content (AvgIpc) is 3.55. The summed E-state index contributed by atoms with van der Waals surface area (Å²) in [5.41, 5.74) is 3.89. The van der Waals surface area contributed by atoms with E-state index in [1.54, 1.807) is 16.4 Å². The van der Waals surface area contributed by atoms with Crippen molar-refractivity contribution in [2.75, 3.05) is 28.7 Å². The van der Waals surface area contributed by atoms with Crippen molar-refractivity contribution >= 4 is 44.2 Å². The van der Waals surface area contributed by atoms with Crippen molar-refractivity contribution < 1.29 is 13.2 Å². The van der Waals surface area contributed by atoms with Crippen molar-refractivity contribution in [2.45, 2.75) is 49.5 Å². The summed E-state index contributed by atoms with van der Waals surface area (Å²) in [6.07, 6.45) is 3.60. The fraction of sp³-hybridized carbons (Fsp3) is 0.458. The number of sulfone groups is 1. The van der Waals surface area contributed by atoms with Gasteiger partial charge in [0.15, 0.2) is 15.5 Å². The maximum absolute atomic E-state index is 14.1. The van der Waals surface area contributed by atoms with Gasteiger partial charge in [-0.3, -0.25) is 4.79 Å². The summed E-state index contributed by atoms with van der Waals surface area (Å²) in [5.74, 6) is 1.57. The van der Waals surface area contributed by atoms with Crippen LogP contribution in [0.5, 0.6) is 0 Å². The lowest BCUT2D eigenvalue weighted by atomic mass is 10.1. The second kappa shape index (κ2) is 7.84. The first-order chi connectivity index (χ1) is 15.9. The number of benzene rings is 1. The third-order valence-electron chi connectivity index (χ3n) is 6.82. The van der Waals surface area contributed by atoms with E-state index in [-0.39, 0.29) is 23.5 Å². The molecular weight excluding hydrogens is 456 g/mol. The maximum Gasteiger partial charge on any atom is 0.259 e. The van der Waals surface area contributed by atoms with E-state index < -0.39 is 9.84 Å². The second-order valence-electron chi connectivity index (χ2n) is 9.28. The summed E-state index contributed by atoms with van der Waals surface area (Å²) < 4.78 is 26.1. The van der Waals surface area contributed by atoms with E-state index >= 15 is 0 Å². The molecule has 3 aromatic rings. The van der Waals surface area contributed by atoms with Gasteiger partial charge in [0, 0.05) is 23.1 Å². The van der Waals surface area contributed by atoms with E-state index in [1.807, 2.05) is 36.1 Å². The normalized spacial score (nSPS) is 22.3. The van der Waals surface area contributed by atoms with Crippen LogP contribution >= 0.6 is 11.8 Å². The van der Waals surface area contributed by atoms with Crippen molar-refractivity contribution in [3.05, 3.63) is 47.3 Å². The maximum atomic E-state index is 14.1. The van der Waals surface area contributed by atoms with Gasteiger partial charge in [-0.1, -0.05) is 12.1 Å². The molecule has 2 aromatic heterocycles. The predicted molar refractivity (Wildman–Crippen MR) is 130 cm³/mol. The fourth-order valence-corrected chi connectivity index (χ4v) is 7.68. The monoisotopic (exact) mass is 482 g/mol. The van der Waals surface area contributed by atoms with Gasteiger partial charge in [0.05, 0.1) is 39.9 Å². The number of rotatable bonds is 3. The van der Waals surface area contributed by atoms with E-state index in [0.29, 0.717) is 30.1 Å². The number of aromatic nitrogens is 3. The van der Waals surface area contributed by atoms with Crippen molar-refractivity contribution in [3.8, 4) is 0 Å². The Morgan fingerprint density at radius 2 is 2.00 bits per heavy atom. The van der Waals surface area contributed by atoms with Crippen LogP contribution in [0, 0.1) is 6.92 Å². The number of carbonyl (C=O) groups excluding carboxylic acids is 1. The lowest BCUT2D eigenvalue weighted by Gasteiger charge is -2.23. The molecule has 0 bridgehead atoms. The number of pyridine rings is 1. The zero-order chi connectivity index (χ0) is 22.7. The largest absolute Gasteiger partial charge is 0.307 e. The number of hydrogen-bond acceptors (Lipinski definition) is 6. The minimum atomic E-state index is -3.06. The summed E-state index contributed by atoms with van der Waals surface area (Å²) in [7, 11) is -3.06. The third kappa shape index (κ3) is 3.75. The Morgan fingerprint density at radius 3 is 2.76 bits per heavy atom. The highest BCUT2D eigenvalue weighted by Crippen LogP contribution is 2.42. The van der Waals surface area contributed by atoms with Gasteiger partial charge in [-0.15, -0.1) is 11.8 Å². The van der Waals surface area contributed by atoms with Crippen LogP contribution in [0.1, 0.15) is 59.4 Å². The number of nitrogens with zero attached hydrogens (tertiary/aromatic N) is 4. The molecule has 33 heavy (non-hydrogen) atoms. The van der Waals surface area contributed by atoms with Crippen LogP contribution in [0.15, 0.2) is 35.2 Å². The Labute approximate surface area is 197 Å². The molecule has 0 unspecified atom stereocenters. The van der Waals surface area contributed by atoms with E-state index in [9.17, 15) is 13.2 Å². The molecule has 1 aliphatic carbocycles. The van der Waals surface area contributed by atoms with Crippen molar-refractivity contribution in [2.24, 2.45) is 0 Å². The Kier molecular flexibility index (Phi) is 5.03. The smallest absolute Gasteiger partial charge is 0.259 e. The van der Waals surface area contributed by atoms with E-state index in [1.165, 1.54) is 0 Å². The summed E-state index contributed by atoms with van der Waals surface area (Å²) in [6.45, 7) is 2.56. The van der Waals surface area contributed by atoms with E-state index in [0.717, 1.165) is 52.4 Å². The van der Waals surface area contributed by atoms with Crippen LogP contribution in [0.3, 0.4) is 0 Å². The van der Waals surface area contributed by atoms with Gasteiger partial charge >= 0.3 is 0 Å². The van der Waals surface area contributed by atoms with Crippen LogP contribution < -0.4 is 4.90 Å². The van der Waals surface area contributed by atoms with Crippen LogP contribution in [0.4, 0.5) is 5.69 Å². The molecule has 1 saturated heterocycles. The first-order valence-corrected chi connectivity index (χ1v) is 14.4. The SMILES string of the molecule is Cc1nn([C@H]2CCS(=O)(=O)C2)c2nc(C3CC3)cc(C(=O)N3CCCSc4ccccc43)c12. The molecule has 6 rings (SSSR count). The van der Waals surface area contributed by atoms with Gasteiger partial charge in [0.25, 0.3) is 5.91 Å². The third-order valence-corrected chi connectivity index (χ3v) is 9.72. The summed E-state index contributed by atoms with van der Waals surface area (Å²) in [6, 6.07) is 9.82. The Hall–Kier alpha value is -2.39. The minimum Gasteiger partial charge on any atom is -0.307 e. The number of thioether (sulfide) groups is 1. The summed E-state index contributed by atoms with van der Waals surface area (Å²) in [5, 5.41) is 5.48. The number of aryl methyl sites for hydroxylation is 1. The Morgan fingerprint density at radius 1 is 1.18 bits per heavy atom. The molecule has 1 atom stereocenters. The van der Waals surface area contributed by atoms with Gasteiger partial charge in [0.2, 0.25) is 0 Å². The first kappa shape index (κ1) is 21.2. The highest BCUT2D eigenvalue weighted by atomic mass is 32.2. The zero-order valence-electron chi connectivity index (χ0n) is 18.5. The molecule has 172 valence electrons. The van der Waals surface area contributed by atoms with Gasteiger partial charge < -0.3 is 4.90 Å². The Balaban J connectivity index is 1.51. The number of fused-ring (bicyclic) bond motifs is 2. The van der Waals surface area contributed by atoms with E-state index in [2.05, 4.69) is 6.07 Å². The van der Waals surface area contributed by atoms with Crippen LogP contribution in [-0.2, 0) is 9.84 Å². The predicted octanol–water partition coefficient (Wildman–Crippen LogP) is 4.12. The number of anilines is 1. The van der Waals surface area contributed by atoms with Crippen LogP contribution in [-0.4, -0.2) is 52.9 Å². The molecule has 2 fully saturated rings. The highest BCUT2D eigenvalue weighted by molar-refractivity contribution is 7.99. The van der Waals surface area contributed by atoms with Crippen molar-refractivity contribution in [3.63, 3.8) is 0 Å². The molecule has 1 aromatic carbocycles. The molecule has 2 aliphatic heterocycles. The molecule has 3 aliphatic rings. The number of amides is 1. The molecule has 0 radical (unpaired) electrons. The second-order valence-corrected chi connectivity index (χ2v) is 12.6. The lowest BCUT2D eigenvalue weighted by molar-refractivity contribution is 0.0988. The highest BCUT2D eigenvalue weighted by Gasteiger charge is 2.35. The summed E-state index contributed by atoms with van der Waals surface area (Å²) >= 11 is 1.79. The van der Waals surface area contributed by atoms with Gasteiger partial charge in [-0.2, -0.15) is 5.10 Å². The molecule has 4 heterocycles. The molecule has 1 saturated carbocycles. The molecular formula is C24H26N4O3S2. The van der Waals surface area contributed by atoms with Crippen LogP contribution in [0.25, 0.3) is 11.0 Å². The average molecular weight is 483 g/mol. The first-order valence-electron chi connectivity index (χ1n) is 11.6. The number of hydrogen-bond donors (Lipinski definition) is 0. The number of carbonyl (C=O) groups is 1. The van der Waals surface area contributed by atoms with E-state index in [4.69, 9.17) is 10.1 Å². The minimum absolute atomic E-state index is 0.0269. The quantitative estimate of drug-likeness (QED) is 0.558. The molecule has 0 N–H and O–H groups in total. The van der Waals surface area contributed by atoms with Gasteiger partial charge in [0.1, 0.15) is 0 Å². The molecule has 9 heteroatoms. The fourth-order valence-electron chi connectivity index (χ4n) is 5.00. The molecule has 0 spiro atoms. The molecule has 7 nitrogen and oxygen atoms in total. The molecule has 1 amide bonds. The topological polar surface area (TPSA) is 85.2 Å². The Bertz CT molecular complexity index is 1380. The zero-order valence-corrected chi connectivity index (χ0v) is 20.2.